The standard InChI is InChI=1S/C20H16N2O6S/c23-17-9-10-18(24)21(17)13-1-5-15(6-2-13)29(27,28)16-7-3-14(4-8-16)22-19(25)11-12-20(22)26/h1-12,23-26H. The van der Waals surface area contributed by atoms with Gasteiger partial charge in [-0.05, 0) is 48.5 Å². The van der Waals surface area contributed by atoms with Crippen molar-refractivity contribution in [2.24, 2.45) is 0 Å². The summed E-state index contributed by atoms with van der Waals surface area (Å²) in [5, 5.41) is 39.1. The lowest BCUT2D eigenvalue weighted by Crippen LogP contribution is -2.03. The molecule has 148 valence electrons. The van der Waals surface area contributed by atoms with E-state index in [1.165, 1.54) is 81.9 Å². The lowest BCUT2D eigenvalue weighted by atomic mass is 10.3. The summed E-state index contributed by atoms with van der Waals surface area (Å²) in [6, 6.07) is 16.7. The van der Waals surface area contributed by atoms with Gasteiger partial charge in [0, 0.05) is 24.3 Å². The fraction of sp³-hybridized carbons (Fsp3) is 0. The Bertz CT molecular complexity index is 1150. The fourth-order valence-corrected chi connectivity index (χ4v) is 4.31. The first-order valence-electron chi connectivity index (χ1n) is 8.44. The van der Waals surface area contributed by atoms with Crippen LogP contribution in [0.3, 0.4) is 0 Å². The Balaban J connectivity index is 1.67. The summed E-state index contributed by atoms with van der Waals surface area (Å²) in [5.41, 5.74) is 0.802. The second kappa shape index (κ2) is 6.64. The van der Waals surface area contributed by atoms with Crippen molar-refractivity contribution in [1.29, 1.82) is 0 Å². The Hall–Kier alpha value is -3.85. The molecule has 0 aliphatic carbocycles. The molecule has 0 aliphatic heterocycles. The van der Waals surface area contributed by atoms with Crippen LogP contribution >= 0.6 is 0 Å². The maximum atomic E-state index is 12.9. The Morgan fingerprint density at radius 1 is 0.483 bits per heavy atom. The van der Waals surface area contributed by atoms with Crippen LogP contribution in [0.25, 0.3) is 11.4 Å². The van der Waals surface area contributed by atoms with Crippen molar-refractivity contribution in [3.05, 3.63) is 72.8 Å². The molecule has 2 aromatic carbocycles. The van der Waals surface area contributed by atoms with Gasteiger partial charge in [-0.15, -0.1) is 0 Å². The van der Waals surface area contributed by atoms with Gasteiger partial charge >= 0.3 is 0 Å². The summed E-state index contributed by atoms with van der Waals surface area (Å²) in [5.74, 6) is -0.703. The van der Waals surface area contributed by atoms with Gasteiger partial charge in [0.05, 0.1) is 21.2 Å². The molecular weight excluding hydrogens is 396 g/mol. The number of nitrogens with zero attached hydrogens (tertiary/aromatic N) is 2. The second-order valence-electron chi connectivity index (χ2n) is 6.26. The molecule has 0 saturated carbocycles. The van der Waals surface area contributed by atoms with E-state index in [0.717, 1.165) is 0 Å². The molecule has 0 amide bonds. The molecule has 0 spiro atoms. The number of benzene rings is 2. The summed E-state index contributed by atoms with van der Waals surface area (Å²) in [6.07, 6.45) is 0. The third-order valence-corrected chi connectivity index (χ3v) is 6.28. The molecule has 0 unspecified atom stereocenters. The number of hydrogen-bond acceptors (Lipinski definition) is 6. The highest BCUT2D eigenvalue weighted by atomic mass is 32.2. The zero-order valence-electron chi connectivity index (χ0n) is 14.8. The van der Waals surface area contributed by atoms with Gasteiger partial charge in [-0.3, -0.25) is 9.13 Å². The molecule has 4 rings (SSSR count). The van der Waals surface area contributed by atoms with Gasteiger partial charge < -0.3 is 20.4 Å². The first kappa shape index (κ1) is 18.5. The molecular formula is C20H16N2O6S. The number of rotatable bonds is 4. The maximum absolute atomic E-state index is 12.9. The molecule has 0 saturated heterocycles. The van der Waals surface area contributed by atoms with Gasteiger partial charge in [0.1, 0.15) is 0 Å². The fourth-order valence-electron chi connectivity index (χ4n) is 3.04. The summed E-state index contributed by atoms with van der Waals surface area (Å²) >= 11 is 0. The van der Waals surface area contributed by atoms with Crippen LogP contribution in [0.2, 0.25) is 0 Å². The minimum absolute atomic E-state index is 0.0341. The van der Waals surface area contributed by atoms with Crippen molar-refractivity contribution in [2.45, 2.75) is 9.79 Å². The predicted octanol–water partition coefficient (Wildman–Crippen LogP) is 2.92. The van der Waals surface area contributed by atoms with Gasteiger partial charge in [-0.2, -0.15) is 0 Å². The van der Waals surface area contributed by atoms with E-state index in [1.54, 1.807) is 0 Å². The van der Waals surface area contributed by atoms with E-state index in [2.05, 4.69) is 0 Å². The number of aromatic hydroxyl groups is 4. The Morgan fingerprint density at radius 2 is 0.759 bits per heavy atom. The average molecular weight is 412 g/mol. The van der Waals surface area contributed by atoms with E-state index in [-0.39, 0.29) is 33.3 Å². The minimum Gasteiger partial charge on any atom is -0.494 e. The summed E-state index contributed by atoms with van der Waals surface area (Å²) < 4.78 is 28.1. The van der Waals surface area contributed by atoms with Gasteiger partial charge in [0.2, 0.25) is 9.84 Å². The zero-order chi connectivity index (χ0) is 20.8. The van der Waals surface area contributed by atoms with Gasteiger partial charge in [-0.1, -0.05) is 0 Å². The van der Waals surface area contributed by atoms with Gasteiger partial charge in [-0.25, -0.2) is 8.42 Å². The highest BCUT2D eigenvalue weighted by Crippen LogP contribution is 2.30. The van der Waals surface area contributed by atoms with Crippen molar-refractivity contribution in [2.75, 3.05) is 0 Å². The van der Waals surface area contributed by atoms with E-state index in [9.17, 15) is 28.8 Å². The van der Waals surface area contributed by atoms with E-state index in [0.29, 0.717) is 11.4 Å². The molecule has 2 aromatic heterocycles. The van der Waals surface area contributed by atoms with Crippen LogP contribution in [0.1, 0.15) is 0 Å². The highest BCUT2D eigenvalue weighted by molar-refractivity contribution is 7.91. The van der Waals surface area contributed by atoms with Crippen LogP contribution in [0.4, 0.5) is 0 Å². The van der Waals surface area contributed by atoms with Crippen molar-refractivity contribution in [1.82, 2.24) is 9.13 Å². The monoisotopic (exact) mass is 412 g/mol. The number of sulfone groups is 1. The van der Waals surface area contributed by atoms with E-state index >= 15 is 0 Å². The van der Waals surface area contributed by atoms with Crippen LogP contribution in [0, 0.1) is 0 Å². The van der Waals surface area contributed by atoms with E-state index < -0.39 is 9.84 Å². The molecule has 2 heterocycles. The lowest BCUT2D eigenvalue weighted by Gasteiger charge is -2.10. The van der Waals surface area contributed by atoms with E-state index in [4.69, 9.17) is 0 Å². The zero-order valence-corrected chi connectivity index (χ0v) is 15.7. The summed E-state index contributed by atoms with van der Waals surface area (Å²) in [4.78, 5) is 0.0681. The van der Waals surface area contributed by atoms with Crippen LogP contribution in [0.15, 0.2) is 82.6 Å². The van der Waals surface area contributed by atoms with Crippen molar-refractivity contribution in [3.8, 4) is 34.9 Å². The van der Waals surface area contributed by atoms with E-state index in [1.807, 2.05) is 0 Å². The Labute approximate surface area is 165 Å². The summed E-state index contributed by atoms with van der Waals surface area (Å²) in [7, 11) is -3.82. The number of aromatic nitrogens is 2. The third kappa shape index (κ3) is 3.07. The highest BCUT2D eigenvalue weighted by Gasteiger charge is 2.19. The van der Waals surface area contributed by atoms with Gasteiger partial charge in [0.25, 0.3) is 0 Å². The molecule has 0 radical (unpaired) electrons. The number of hydrogen-bond donors (Lipinski definition) is 4. The van der Waals surface area contributed by atoms with Crippen LogP contribution in [-0.4, -0.2) is 38.0 Å². The van der Waals surface area contributed by atoms with Crippen molar-refractivity contribution < 1.29 is 28.8 Å². The molecule has 9 heteroatoms. The molecule has 4 N–H and O–H groups in total. The van der Waals surface area contributed by atoms with Crippen LogP contribution in [-0.2, 0) is 9.84 Å². The normalized spacial score (nSPS) is 11.6. The lowest BCUT2D eigenvalue weighted by molar-refractivity contribution is 0.401. The minimum atomic E-state index is -3.82. The molecule has 4 aromatic rings. The van der Waals surface area contributed by atoms with Crippen molar-refractivity contribution >= 4 is 9.84 Å². The molecule has 0 fully saturated rings. The largest absolute Gasteiger partial charge is 0.494 e. The maximum Gasteiger partial charge on any atom is 0.206 e. The first-order chi connectivity index (χ1) is 13.8. The SMILES string of the molecule is O=S(=O)(c1ccc(-n2c(O)ccc2O)cc1)c1ccc(-n2c(O)ccc2O)cc1. The topological polar surface area (TPSA) is 125 Å². The van der Waals surface area contributed by atoms with Crippen molar-refractivity contribution in [3.63, 3.8) is 0 Å². The van der Waals surface area contributed by atoms with Gasteiger partial charge in [0.15, 0.2) is 23.5 Å². The summed E-state index contributed by atoms with van der Waals surface area (Å²) in [6.45, 7) is 0. The molecule has 29 heavy (non-hydrogen) atoms. The Kier molecular flexibility index (Phi) is 4.24. The first-order valence-corrected chi connectivity index (χ1v) is 9.92. The average Bonchev–Trinajstić information content (AvgIpc) is 3.22. The predicted molar refractivity (Wildman–Crippen MR) is 104 cm³/mol. The van der Waals surface area contributed by atoms with Crippen LogP contribution in [0.5, 0.6) is 23.5 Å². The third-order valence-electron chi connectivity index (χ3n) is 4.49. The quantitative estimate of drug-likeness (QED) is 0.408. The molecule has 0 bridgehead atoms. The molecule has 8 nitrogen and oxygen atoms in total. The molecule has 0 aliphatic rings. The van der Waals surface area contributed by atoms with Crippen LogP contribution < -0.4 is 0 Å². The smallest absolute Gasteiger partial charge is 0.206 e. The second-order valence-corrected chi connectivity index (χ2v) is 8.21. The molecule has 0 atom stereocenters. The Morgan fingerprint density at radius 3 is 1.03 bits per heavy atom.